The first-order chi connectivity index (χ1) is 13.4. The first-order valence-corrected chi connectivity index (χ1v) is 9.67. The summed E-state index contributed by atoms with van der Waals surface area (Å²) in [6.45, 7) is 5.05. The predicted molar refractivity (Wildman–Crippen MR) is 104 cm³/mol. The zero-order valence-corrected chi connectivity index (χ0v) is 17.0. The van der Waals surface area contributed by atoms with Gasteiger partial charge in [0.05, 0.1) is 6.20 Å². The number of thioether (sulfide) groups is 1. The lowest BCUT2D eigenvalue weighted by Gasteiger charge is -2.23. The summed E-state index contributed by atoms with van der Waals surface area (Å²) in [6, 6.07) is 2.68. The number of carbonyl (C=O) groups excluding carboxylic acids is 1. The van der Waals surface area contributed by atoms with Crippen LogP contribution in [0, 0.1) is 0 Å². The quantitative estimate of drug-likeness (QED) is 0.584. The SMILES string of the molecule is CCSc1cc(OC(C)(C)C(N)=O)cnc1-c1nc2cc(C(F)(F)F)[nH]c2n1C. The van der Waals surface area contributed by atoms with Crippen LogP contribution in [0.1, 0.15) is 26.5 Å². The van der Waals surface area contributed by atoms with Crippen LogP contribution >= 0.6 is 11.8 Å². The van der Waals surface area contributed by atoms with E-state index in [2.05, 4.69) is 15.0 Å². The van der Waals surface area contributed by atoms with Gasteiger partial charge in [0.25, 0.3) is 5.91 Å². The van der Waals surface area contributed by atoms with Crippen molar-refractivity contribution in [2.45, 2.75) is 37.4 Å². The molecule has 3 heterocycles. The maximum Gasteiger partial charge on any atom is 0.431 e. The van der Waals surface area contributed by atoms with E-state index < -0.39 is 23.4 Å². The van der Waals surface area contributed by atoms with E-state index in [0.29, 0.717) is 17.3 Å². The van der Waals surface area contributed by atoms with Crippen LogP contribution in [-0.2, 0) is 18.0 Å². The number of aromatic amines is 1. The van der Waals surface area contributed by atoms with Gasteiger partial charge in [-0.05, 0) is 31.7 Å². The summed E-state index contributed by atoms with van der Waals surface area (Å²) in [5, 5.41) is 0. The van der Waals surface area contributed by atoms with Crippen LogP contribution in [0.2, 0.25) is 0 Å². The largest absolute Gasteiger partial charge is 0.476 e. The van der Waals surface area contributed by atoms with Gasteiger partial charge >= 0.3 is 6.18 Å². The Kier molecular flexibility index (Phi) is 5.28. The highest BCUT2D eigenvalue weighted by molar-refractivity contribution is 7.99. The van der Waals surface area contributed by atoms with Crippen LogP contribution in [0.15, 0.2) is 23.2 Å². The number of primary amides is 1. The molecule has 7 nitrogen and oxygen atoms in total. The number of imidazole rings is 1. The molecule has 11 heteroatoms. The molecule has 0 aliphatic rings. The van der Waals surface area contributed by atoms with E-state index in [-0.39, 0.29) is 11.2 Å². The molecule has 29 heavy (non-hydrogen) atoms. The van der Waals surface area contributed by atoms with Crippen molar-refractivity contribution >= 4 is 28.8 Å². The van der Waals surface area contributed by atoms with Crippen LogP contribution in [-0.4, -0.2) is 36.8 Å². The molecular formula is C18H20F3N5O2S. The molecule has 0 saturated heterocycles. The molecule has 0 spiro atoms. The van der Waals surface area contributed by atoms with Crippen LogP contribution in [0.3, 0.4) is 0 Å². The highest BCUT2D eigenvalue weighted by Gasteiger charge is 2.34. The molecule has 0 aliphatic heterocycles. The van der Waals surface area contributed by atoms with Crippen molar-refractivity contribution < 1.29 is 22.7 Å². The van der Waals surface area contributed by atoms with Crippen LogP contribution in [0.5, 0.6) is 5.75 Å². The number of rotatable bonds is 6. The number of alkyl halides is 3. The van der Waals surface area contributed by atoms with E-state index in [1.165, 1.54) is 22.5 Å². The van der Waals surface area contributed by atoms with Gasteiger partial charge in [-0.15, -0.1) is 11.8 Å². The molecule has 0 bridgehead atoms. The normalized spacial score (nSPS) is 12.5. The lowest BCUT2D eigenvalue weighted by Crippen LogP contribution is -2.43. The minimum absolute atomic E-state index is 0.194. The number of nitrogens with zero attached hydrogens (tertiary/aromatic N) is 3. The third-order valence-electron chi connectivity index (χ3n) is 4.27. The summed E-state index contributed by atoms with van der Waals surface area (Å²) in [5.41, 5.74) is 4.21. The summed E-state index contributed by atoms with van der Waals surface area (Å²) in [6.07, 6.45) is -3.04. The minimum atomic E-state index is -4.48. The highest BCUT2D eigenvalue weighted by atomic mass is 32.2. The highest BCUT2D eigenvalue weighted by Crippen LogP contribution is 2.36. The van der Waals surface area contributed by atoms with E-state index in [4.69, 9.17) is 10.5 Å². The molecule has 1 amide bonds. The lowest BCUT2D eigenvalue weighted by molar-refractivity contribution is -0.140. The summed E-state index contributed by atoms with van der Waals surface area (Å²) in [4.78, 5) is 23.3. The number of H-pyrrole nitrogens is 1. The van der Waals surface area contributed by atoms with Gasteiger partial charge in [-0.25, -0.2) is 9.97 Å². The molecule has 0 radical (unpaired) electrons. The molecule has 0 unspecified atom stereocenters. The van der Waals surface area contributed by atoms with Gasteiger partial charge in [-0.3, -0.25) is 4.79 Å². The number of hydrogen-bond acceptors (Lipinski definition) is 5. The van der Waals surface area contributed by atoms with Gasteiger partial charge in [0.2, 0.25) is 0 Å². The van der Waals surface area contributed by atoms with Crippen LogP contribution in [0.25, 0.3) is 22.7 Å². The number of pyridine rings is 1. The Morgan fingerprint density at radius 2 is 2.03 bits per heavy atom. The summed E-state index contributed by atoms with van der Waals surface area (Å²) in [7, 11) is 1.62. The number of aryl methyl sites for hydroxylation is 1. The number of ether oxygens (including phenoxy) is 1. The molecule has 156 valence electrons. The molecular weight excluding hydrogens is 407 g/mol. The smallest absolute Gasteiger partial charge is 0.431 e. The third-order valence-corrected chi connectivity index (χ3v) is 5.18. The van der Waals surface area contributed by atoms with E-state index in [1.54, 1.807) is 27.0 Å². The Morgan fingerprint density at radius 3 is 2.59 bits per heavy atom. The van der Waals surface area contributed by atoms with Crippen molar-refractivity contribution in [3.05, 3.63) is 24.0 Å². The first-order valence-electron chi connectivity index (χ1n) is 8.68. The molecule has 0 fully saturated rings. The number of amides is 1. The van der Waals surface area contributed by atoms with E-state index in [9.17, 15) is 18.0 Å². The summed E-state index contributed by atoms with van der Waals surface area (Å²) in [5.74, 6) is 0.868. The number of hydrogen-bond donors (Lipinski definition) is 2. The molecule has 0 atom stereocenters. The number of nitrogens with two attached hydrogens (primary N) is 1. The summed E-state index contributed by atoms with van der Waals surface area (Å²) >= 11 is 1.47. The van der Waals surface area contributed by atoms with Crippen molar-refractivity contribution in [1.29, 1.82) is 0 Å². The van der Waals surface area contributed by atoms with Crippen molar-refractivity contribution in [2.24, 2.45) is 12.8 Å². The minimum Gasteiger partial charge on any atom is -0.476 e. The number of nitrogens with one attached hydrogen (secondary N) is 1. The molecule has 3 rings (SSSR count). The Morgan fingerprint density at radius 1 is 1.34 bits per heavy atom. The van der Waals surface area contributed by atoms with Crippen molar-refractivity contribution in [3.63, 3.8) is 0 Å². The topological polar surface area (TPSA) is 98.8 Å². The number of fused-ring (bicyclic) bond motifs is 1. The Bertz CT molecular complexity index is 1070. The number of aromatic nitrogens is 4. The second-order valence-electron chi connectivity index (χ2n) is 6.84. The standard InChI is InChI=1S/C18H20F3N5O2S/c1-5-29-11-6-9(28-17(2,3)16(22)27)8-23-13(11)15-24-10-7-12(18(19,20)21)25-14(10)26(15)4/h6-8,25H,5H2,1-4H3,(H2,22,27). The Hall–Kier alpha value is -2.69. The van der Waals surface area contributed by atoms with E-state index in [1.807, 2.05) is 6.92 Å². The predicted octanol–water partition coefficient (Wildman–Crippen LogP) is 3.74. The summed E-state index contributed by atoms with van der Waals surface area (Å²) < 4.78 is 46.0. The van der Waals surface area contributed by atoms with Gasteiger partial charge in [-0.1, -0.05) is 6.92 Å². The molecule has 0 aliphatic carbocycles. The molecule has 3 aromatic heterocycles. The van der Waals surface area contributed by atoms with Crippen molar-refractivity contribution in [2.75, 3.05) is 5.75 Å². The van der Waals surface area contributed by atoms with E-state index in [0.717, 1.165) is 16.7 Å². The van der Waals surface area contributed by atoms with Gasteiger partial charge in [0.15, 0.2) is 11.4 Å². The molecule has 0 aromatic carbocycles. The lowest BCUT2D eigenvalue weighted by atomic mass is 10.1. The molecule has 0 saturated carbocycles. The first kappa shape index (κ1) is 21.0. The zero-order chi connectivity index (χ0) is 21.6. The fraction of sp³-hybridized carbons (Fsp3) is 0.389. The van der Waals surface area contributed by atoms with Gasteiger partial charge < -0.3 is 20.0 Å². The maximum atomic E-state index is 12.9. The van der Waals surface area contributed by atoms with Crippen molar-refractivity contribution in [1.82, 2.24) is 19.5 Å². The maximum absolute atomic E-state index is 12.9. The van der Waals surface area contributed by atoms with Crippen LogP contribution < -0.4 is 10.5 Å². The number of carbonyl (C=O) groups is 1. The Labute approximate surface area is 168 Å². The average molecular weight is 427 g/mol. The zero-order valence-electron chi connectivity index (χ0n) is 16.2. The third kappa shape index (κ3) is 4.04. The van der Waals surface area contributed by atoms with Gasteiger partial charge in [-0.2, -0.15) is 13.2 Å². The van der Waals surface area contributed by atoms with E-state index >= 15 is 0 Å². The molecule has 3 aromatic rings. The average Bonchev–Trinajstić information content (AvgIpc) is 3.15. The van der Waals surface area contributed by atoms with Crippen molar-refractivity contribution in [3.8, 4) is 17.3 Å². The van der Waals surface area contributed by atoms with Gasteiger partial charge in [0.1, 0.15) is 28.3 Å². The molecule has 3 N–H and O–H groups in total. The fourth-order valence-corrected chi connectivity index (χ4v) is 3.49. The number of halogens is 3. The fourth-order valence-electron chi connectivity index (χ4n) is 2.69. The second kappa shape index (κ2) is 7.29. The van der Waals surface area contributed by atoms with Crippen LogP contribution in [0.4, 0.5) is 13.2 Å². The Balaban J connectivity index is 2.05. The van der Waals surface area contributed by atoms with Gasteiger partial charge in [0, 0.05) is 11.9 Å². The monoisotopic (exact) mass is 427 g/mol. The second-order valence-corrected chi connectivity index (χ2v) is 8.14.